The highest BCUT2D eigenvalue weighted by molar-refractivity contribution is 8.69. The highest BCUT2D eigenvalue weighted by Gasteiger charge is 2.20. The molecule has 0 aromatic heterocycles. The minimum absolute atomic E-state index is 0. The molecule has 15 heavy (non-hydrogen) atoms. The van der Waals surface area contributed by atoms with Gasteiger partial charge in [0, 0.05) is 11.3 Å². The van der Waals surface area contributed by atoms with Crippen molar-refractivity contribution in [2.45, 2.75) is 25.8 Å². The van der Waals surface area contributed by atoms with Gasteiger partial charge in [-0.1, -0.05) is 0 Å². The van der Waals surface area contributed by atoms with Crippen molar-refractivity contribution < 1.29 is 13.0 Å². The maximum absolute atomic E-state index is 10.5. The summed E-state index contributed by atoms with van der Waals surface area (Å²) in [5, 5.41) is 3.16. The van der Waals surface area contributed by atoms with E-state index in [1.165, 1.54) is 0 Å². The Bertz CT molecular complexity index is 257. The third kappa shape index (κ3) is 12.4. The molecule has 0 radical (unpaired) electrons. The first-order chi connectivity index (χ1) is 6.27. The lowest BCUT2D eigenvalue weighted by Crippen LogP contribution is -2.42. The molecule has 0 spiro atoms. The predicted molar refractivity (Wildman–Crippen MR) is 67.0 cm³/mol. The van der Waals surface area contributed by atoms with Gasteiger partial charge in [-0.2, -0.15) is 8.42 Å². The maximum atomic E-state index is 10.5. The fourth-order valence-corrected chi connectivity index (χ4v) is 2.68. The van der Waals surface area contributed by atoms with Crippen LogP contribution in [0.25, 0.3) is 0 Å². The maximum Gasteiger partial charge on any atom is 0.319 e. The molecule has 8 heteroatoms. The lowest BCUT2D eigenvalue weighted by Gasteiger charge is -2.25. The SMILES string of the molecule is CC(C)(CSS(=O)(=O)O)NCCCN.Cl. The van der Waals surface area contributed by atoms with Crippen LogP contribution < -0.4 is 11.1 Å². The molecule has 4 N–H and O–H groups in total. The van der Waals surface area contributed by atoms with Crippen molar-refractivity contribution in [3.8, 4) is 0 Å². The third-order valence-electron chi connectivity index (χ3n) is 1.55. The summed E-state index contributed by atoms with van der Waals surface area (Å²) < 4.78 is 29.5. The molecule has 0 rings (SSSR count). The van der Waals surface area contributed by atoms with Gasteiger partial charge < -0.3 is 11.1 Å². The van der Waals surface area contributed by atoms with Crippen LogP contribution in [0.5, 0.6) is 0 Å². The van der Waals surface area contributed by atoms with Gasteiger partial charge in [-0.25, -0.2) is 0 Å². The zero-order chi connectivity index (χ0) is 11.2. The summed E-state index contributed by atoms with van der Waals surface area (Å²) in [5.74, 6) is 0.302. The molecule has 0 aliphatic carbocycles. The van der Waals surface area contributed by atoms with E-state index in [1.807, 2.05) is 13.8 Å². The quantitative estimate of drug-likeness (QED) is 0.360. The highest BCUT2D eigenvalue weighted by atomic mass is 35.5. The summed E-state index contributed by atoms with van der Waals surface area (Å²) >= 11 is 0. The Balaban J connectivity index is 0. The van der Waals surface area contributed by atoms with Crippen molar-refractivity contribution in [2.75, 3.05) is 18.8 Å². The van der Waals surface area contributed by atoms with E-state index in [4.69, 9.17) is 10.3 Å². The first kappa shape index (κ1) is 17.9. The molecule has 0 fully saturated rings. The van der Waals surface area contributed by atoms with Crippen LogP contribution in [0, 0.1) is 0 Å². The second-order valence-electron chi connectivity index (χ2n) is 3.64. The van der Waals surface area contributed by atoms with Crippen LogP contribution in [-0.4, -0.2) is 37.4 Å². The van der Waals surface area contributed by atoms with E-state index in [1.54, 1.807) is 0 Å². The van der Waals surface area contributed by atoms with E-state index in [0.717, 1.165) is 13.0 Å². The molecule has 0 heterocycles. The van der Waals surface area contributed by atoms with E-state index in [-0.39, 0.29) is 17.9 Å². The van der Waals surface area contributed by atoms with E-state index < -0.39 is 9.15 Å². The first-order valence-corrected chi connectivity index (χ1v) is 7.28. The summed E-state index contributed by atoms with van der Waals surface area (Å²) in [4.78, 5) is 0. The molecule has 0 saturated heterocycles. The lowest BCUT2D eigenvalue weighted by molar-refractivity contribution is 0.431. The number of hydrogen-bond acceptors (Lipinski definition) is 5. The summed E-state index contributed by atoms with van der Waals surface area (Å²) in [5.41, 5.74) is 5.00. The normalized spacial score (nSPS) is 12.3. The molecule has 0 amide bonds. The van der Waals surface area contributed by atoms with Crippen molar-refractivity contribution in [1.29, 1.82) is 0 Å². The summed E-state index contributed by atoms with van der Waals surface area (Å²) in [6.07, 6.45) is 0.847. The number of rotatable bonds is 7. The average molecular weight is 279 g/mol. The van der Waals surface area contributed by atoms with E-state index in [2.05, 4.69) is 5.32 Å². The molecule has 0 aliphatic rings. The van der Waals surface area contributed by atoms with E-state index in [9.17, 15) is 8.42 Å². The predicted octanol–water partition coefficient (Wildman–Crippen LogP) is 0.661. The van der Waals surface area contributed by atoms with Gasteiger partial charge in [-0.15, -0.1) is 12.4 Å². The Morgan fingerprint density at radius 1 is 1.47 bits per heavy atom. The molecule has 0 saturated carbocycles. The van der Waals surface area contributed by atoms with Gasteiger partial charge in [0.05, 0.1) is 0 Å². The Morgan fingerprint density at radius 3 is 2.40 bits per heavy atom. The largest absolute Gasteiger partial charge is 0.330 e. The van der Waals surface area contributed by atoms with Gasteiger partial charge in [0.15, 0.2) is 0 Å². The number of hydrogen-bond donors (Lipinski definition) is 3. The van der Waals surface area contributed by atoms with Crippen LogP contribution in [-0.2, 0) is 9.15 Å². The van der Waals surface area contributed by atoms with Gasteiger partial charge in [0.25, 0.3) is 0 Å². The van der Waals surface area contributed by atoms with Gasteiger partial charge in [-0.3, -0.25) is 4.55 Å². The van der Waals surface area contributed by atoms with Crippen LogP contribution in [0.4, 0.5) is 0 Å². The molecule has 0 aliphatic heterocycles. The molecular formula is C7H19ClN2O3S2. The zero-order valence-electron chi connectivity index (χ0n) is 8.89. The molecular weight excluding hydrogens is 260 g/mol. The fraction of sp³-hybridized carbons (Fsp3) is 1.00. The Kier molecular flexibility index (Phi) is 9.16. The number of nitrogens with two attached hydrogens (primary N) is 1. The van der Waals surface area contributed by atoms with Gasteiger partial charge in [-0.05, 0) is 44.2 Å². The molecule has 0 aromatic carbocycles. The van der Waals surface area contributed by atoms with Crippen molar-refractivity contribution in [1.82, 2.24) is 5.32 Å². The molecule has 0 unspecified atom stereocenters. The van der Waals surface area contributed by atoms with Crippen LogP contribution in [0.15, 0.2) is 0 Å². The monoisotopic (exact) mass is 278 g/mol. The van der Waals surface area contributed by atoms with Crippen LogP contribution in [0.1, 0.15) is 20.3 Å². The van der Waals surface area contributed by atoms with E-state index >= 15 is 0 Å². The summed E-state index contributed by atoms with van der Waals surface area (Å²) in [6.45, 7) is 5.10. The second kappa shape index (κ2) is 7.70. The standard InChI is InChI=1S/C7H18N2O3S2.ClH/c1-7(2,9-5-3-4-8)6-13-14(10,11)12;/h9H,3-6,8H2,1-2H3,(H,10,11,12);1H. The Morgan fingerprint density at radius 2 is 2.00 bits per heavy atom. The van der Waals surface area contributed by atoms with E-state index in [0.29, 0.717) is 23.1 Å². The molecule has 5 nitrogen and oxygen atoms in total. The lowest BCUT2D eigenvalue weighted by atomic mass is 10.1. The molecule has 0 bridgehead atoms. The fourth-order valence-electron chi connectivity index (χ4n) is 0.802. The van der Waals surface area contributed by atoms with Crippen molar-refractivity contribution in [2.24, 2.45) is 5.73 Å². The van der Waals surface area contributed by atoms with Crippen LogP contribution in [0.3, 0.4) is 0 Å². The number of nitrogens with one attached hydrogen (secondary N) is 1. The first-order valence-electron chi connectivity index (χ1n) is 4.34. The minimum Gasteiger partial charge on any atom is -0.330 e. The van der Waals surface area contributed by atoms with Gasteiger partial charge in [0.2, 0.25) is 0 Å². The Labute approximate surface area is 101 Å². The van der Waals surface area contributed by atoms with Crippen LogP contribution in [0.2, 0.25) is 0 Å². The second-order valence-corrected chi connectivity index (χ2v) is 6.99. The van der Waals surface area contributed by atoms with Gasteiger partial charge in [0.1, 0.15) is 0 Å². The summed E-state index contributed by atoms with van der Waals surface area (Å²) in [6, 6.07) is 0. The zero-order valence-corrected chi connectivity index (χ0v) is 11.3. The third-order valence-corrected chi connectivity index (χ3v) is 3.94. The molecule has 94 valence electrons. The van der Waals surface area contributed by atoms with Crippen molar-refractivity contribution >= 4 is 32.4 Å². The minimum atomic E-state index is -3.94. The molecule has 0 aromatic rings. The van der Waals surface area contributed by atoms with Gasteiger partial charge >= 0.3 is 9.15 Å². The number of halogens is 1. The van der Waals surface area contributed by atoms with Crippen molar-refractivity contribution in [3.63, 3.8) is 0 Å². The summed E-state index contributed by atoms with van der Waals surface area (Å²) in [7, 11) is -3.40. The van der Waals surface area contributed by atoms with Crippen molar-refractivity contribution in [3.05, 3.63) is 0 Å². The van der Waals surface area contributed by atoms with Crippen LogP contribution >= 0.6 is 23.2 Å². The molecule has 0 atom stereocenters. The highest BCUT2D eigenvalue weighted by Crippen LogP contribution is 2.17. The average Bonchev–Trinajstić information content (AvgIpc) is 2.00. The smallest absolute Gasteiger partial charge is 0.319 e. The topological polar surface area (TPSA) is 92.4 Å². The Hall–Kier alpha value is 0.470.